The van der Waals surface area contributed by atoms with Gasteiger partial charge in [0.15, 0.2) is 5.78 Å². The smallest absolute Gasteiger partial charge is 0.187 e. The highest BCUT2D eigenvalue weighted by Gasteiger charge is 2.28. The summed E-state index contributed by atoms with van der Waals surface area (Å²) in [6.45, 7) is 7.56. The van der Waals surface area contributed by atoms with Gasteiger partial charge in [-0.05, 0) is 44.4 Å². The molecule has 0 radical (unpaired) electrons. The molecule has 136 valence electrons. The molecule has 0 saturated heterocycles. The van der Waals surface area contributed by atoms with Crippen LogP contribution >= 0.6 is 0 Å². The maximum Gasteiger partial charge on any atom is 0.187 e. The number of aliphatic hydroxyl groups excluding tert-OH is 2. The second-order valence-corrected chi connectivity index (χ2v) is 7.35. The number of aliphatic hydroxyl groups is 2. The van der Waals surface area contributed by atoms with Crippen LogP contribution in [0.15, 0.2) is 23.3 Å². The van der Waals surface area contributed by atoms with Gasteiger partial charge in [-0.3, -0.25) is 9.59 Å². The average Bonchev–Trinajstić information content (AvgIpc) is 2.54. The number of allylic oxidation sites excluding steroid dienone is 3. The second kappa shape index (κ2) is 9.90. The predicted octanol–water partition coefficient (Wildman–Crippen LogP) is 3.22. The Kier molecular flexibility index (Phi) is 8.57. The summed E-state index contributed by atoms with van der Waals surface area (Å²) in [5.74, 6) is -0.790. The number of hydrogen-bond donors (Lipinski definition) is 2. The zero-order valence-corrected chi connectivity index (χ0v) is 15.4. The van der Waals surface area contributed by atoms with Gasteiger partial charge < -0.3 is 10.2 Å². The first-order valence-electron chi connectivity index (χ1n) is 9.01. The average molecular weight is 336 g/mol. The molecule has 0 aromatic heterocycles. The largest absolute Gasteiger partial charge is 0.396 e. The lowest BCUT2D eigenvalue weighted by atomic mass is 9.85. The van der Waals surface area contributed by atoms with Crippen LogP contribution in [0, 0.1) is 17.8 Å². The van der Waals surface area contributed by atoms with E-state index in [1.54, 1.807) is 6.92 Å². The molecular formula is C20H32O4. The van der Waals surface area contributed by atoms with E-state index in [4.69, 9.17) is 0 Å². The quantitative estimate of drug-likeness (QED) is 0.812. The van der Waals surface area contributed by atoms with Crippen molar-refractivity contribution in [2.75, 3.05) is 6.61 Å². The molecule has 0 spiro atoms. The highest BCUT2D eigenvalue weighted by molar-refractivity contribution is 5.99. The number of Topliss-reactive ketones (excluding diaryl/α,β-unsaturated/α-hetero) is 2. The van der Waals surface area contributed by atoms with E-state index < -0.39 is 6.10 Å². The molecule has 0 amide bonds. The lowest BCUT2D eigenvalue weighted by Crippen LogP contribution is -2.31. The molecule has 0 aromatic rings. The maximum atomic E-state index is 12.6. The zero-order chi connectivity index (χ0) is 18.3. The maximum absolute atomic E-state index is 12.6. The van der Waals surface area contributed by atoms with Crippen molar-refractivity contribution in [1.82, 2.24) is 0 Å². The van der Waals surface area contributed by atoms with Crippen molar-refractivity contribution in [3.05, 3.63) is 23.3 Å². The van der Waals surface area contributed by atoms with Crippen molar-refractivity contribution >= 4 is 11.6 Å². The van der Waals surface area contributed by atoms with E-state index in [-0.39, 0.29) is 35.9 Å². The molecule has 0 aromatic carbocycles. The summed E-state index contributed by atoms with van der Waals surface area (Å²) < 4.78 is 0. The van der Waals surface area contributed by atoms with Gasteiger partial charge >= 0.3 is 0 Å². The van der Waals surface area contributed by atoms with Crippen molar-refractivity contribution in [2.45, 2.75) is 65.9 Å². The Balaban J connectivity index is 3.08. The number of carbonyl (C=O) groups excluding carboxylic acids is 2. The molecule has 2 N–H and O–H groups in total. The van der Waals surface area contributed by atoms with E-state index in [1.165, 1.54) is 0 Å². The standard InChI is InChI=1S/C20H32O4/c1-13(2)17-10-8-14(3)6-5-7-16(12-21)18(22)11-9-15(4)19(23)20(17)24/h8,10,13,15-16,19,21,23H,5-7,9,11-12H2,1-4H3. The van der Waals surface area contributed by atoms with Crippen LogP contribution in [-0.2, 0) is 9.59 Å². The predicted molar refractivity (Wildman–Crippen MR) is 95.5 cm³/mol. The first kappa shape index (κ1) is 20.8. The summed E-state index contributed by atoms with van der Waals surface area (Å²) in [6.07, 6.45) is 5.79. The molecule has 0 aliphatic heterocycles. The minimum Gasteiger partial charge on any atom is -0.396 e. The molecular weight excluding hydrogens is 304 g/mol. The van der Waals surface area contributed by atoms with Crippen LogP contribution in [0.4, 0.5) is 0 Å². The van der Waals surface area contributed by atoms with Gasteiger partial charge in [-0.2, -0.15) is 0 Å². The van der Waals surface area contributed by atoms with Crippen LogP contribution in [0.3, 0.4) is 0 Å². The number of ketones is 2. The number of hydrogen-bond acceptors (Lipinski definition) is 4. The molecule has 3 unspecified atom stereocenters. The first-order chi connectivity index (χ1) is 11.3. The second-order valence-electron chi connectivity index (χ2n) is 7.35. The van der Waals surface area contributed by atoms with E-state index in [9.17, 15) is 19.8 Å². The Morgan fingerprint density at radius 2 is 1.83 bits per heavy atom. The summed E-state index contributed by atoms with van der Waals surface area (Å²) >= 11 is 0. The molecule has 1 aliphatic carbocycles. The van der Waals surface area contributed by atoms with Crippen molar-refractivity contribution in [3.63, 3.8) is 0 Å². The van der Waals surface area contributed by atoms with Crippen LogP contribution < -0.4 is 0 Å². The summed E-state index contributed by atoms with van der Waals surface area (Å²) in [5.41, 5.74) is 1.76. The lowest BCUT2D eigenvalue weighted by Gasteiger charge is -2.22. The molecule has 0 fully saturated rings. The zero-order valence-electron chi connectivity index (χ0n) is 15.4. The Bertz CT molecular complexity index is 502. The van der Waals surface area contributed by atoms with Crippen LogP contribution in [0.25, 0.3) is 0 Å². The lowest BCUT2D eigenvalue weighted by molar-refractivity contribution is -0.128. The van der Waals surface area contributed by atoms with Crippen LogP contribution in [-0.4, -0.2) is 34.5 Å². The monoisotopic (exact) mass is 336 g/mol. The van der Waals surface area contributed by atoms with Gasteiger partial charge in [0.1, 0.15) is 11.9 Å². The Morgan fingerprint density at radius 3 is 2.42 bits per heavy atom. The van der Waals surface area contributed by atoms with Crippen molar-refractivity contribution in [2.24, 2.45) is 17.8 Å². The summed E-state index contributed by atoms with van der Waals surface area (Å²) in [7, 11) is 0. The van der Waals surface area contributed by atoms with Gasteiger partial charge in [0.05, 0.1) is 6.61 Å². The number of carbonyl (C=O) groups is 2. The van der Waals surface area contributed by atoms with Gasteiger partial charge in [0.2, 0.25) is 0 Å². The number of rotatable bonds is 2. The molecule has 1 rings (SSSR count). The molecule has 4 nitrogen and oxygen atoms in total. The minimum absolute atomic E-state index is 0.0299. The van der Waals surface area contributed by atoms with Crippen LogP contribution in [0.5, 0.6) is 0 Å². The molecule has 0 saturated carbocycles. The molecule has 4 heteroatoms. The molecule has 24 heavy (non-hydrogen) atoms. The van der Waals surface area contributed by atoms with Crippen molar-refractivity contribution in [1.29, 1.82) is 0 Å². The van der Waals surface area contributed by atoms with E-state index in [2.05, 4.69) is 0 Å². The van der Waals surface area contributed by atoms with Gasteiger partial charge in [-0.1, -0.05) is 38.5 Å². The van der Waals surface area contributed by atoms with Gasteiger partial charge in [-0.15, -0.1) is 0 Å². The summed E-state index contributed by atoms with van der Waals surface area (Å²) in [4.78, 5) is 24.9. The first-order valence-corrected chi connectivity index (χ1v) is 9.01. The van der Waals surface area contributed by atoms with E-state index in [0.29, 0.717) is 24.8 Å². The van der Waals surface area contributed by atoms with Crippen molar-refractivity contribution in [3.8, 4) is 0 Å². The molecule has 0 heterocycles. The van der Waals surface area contributed by atoms with E-state index in [1.807, 2.05) is 32.9 Å². The van der Waals surface area contributed by atoms with E-state index >= 15 is 0 Å². The van der Waals surface area contributed by atoms with Gasteiger partial charge in [-0.25, -0.2) is 0 Å². The molecule has 3 atom stereocenters. The highest BCUT2D eigenvalue weighted by atomic mass is 16.3. The minimum atomic E-state index is -1.09. The SMILES string of the molecule is CC1=CC=C(C(C)C)C(=O)C(O)C(C)CCC(=O)C(CO)CCC1. The fourth-order valence-corrected chi connectivity index (χ4v) is 3.02. The third kappa shape index (κ3) is 5.99. The molecule has 1 aliphatic rings. The topological polar surface area (TPSA) is 74.6 Å². The summed E-state index contributed by atoms with van der Waals surface area (Å²) in [5, 5.41) is 19.8. The summed E-state index contributed by atoms with van der Waals surface area (Å²) in [6, 6.07) is 0. The van der Waals surface area contributed by atoms with Gasteiger partial charge in [0.25, 0.3) is 0 Å². The third-order valence-electron chi connectivity index (χ3n) is 4.91. The van der Waals surface area contributed by atoms with Crippen LogP contribution in [0.2, 0.25) is 0 Å². The van der Waals surface area contributed by atoms with Crippen molar-refractivity contribution < 1.29 is 19.8 Å². The van der Waals surface area contributed by atoms with Crippen LogP contribution in [0.1, 0.15) is 59.8 Å². The highest BCUT2D eigenvalue weighted by Crippen LogP contribution is 2.23. The Morgan fingerprint density at radius 1 is 1.17 bits per heavy atom. The van der Waals surface area contributed by atoms with Gasteiger partial charge in [0, 0.05) is 17.9 Å². The van der Waals surface area contributed by atoms with E-state index in [0.717, 1.165) is 18.4 Å². The fraction of sp³-hybridized carbons (Fsp3) is 0.700. The Labute approximate surface area is 145 Å². The normalized spacial score (nSPS) is 28.4. The fourth-order valence-electron chi connectivity index (χ4n) is 3.02. The molecule has 0 bridgehead atoms. The third-order valence-corrected chi connectivity index (χ3v) is 4.91. The Hall–Kier alpha value is -1.26.